The fraction of sp³-hybridized carbons (Fsp3) is 0.652. The Hall–Kier alpha value is -2.64. The van der Waals surface area contributed by atoms with E-state index in [2.05, 4.69) is 10.6 Å². The molecule has 1 aliphatic carbocycles. The fourth-order valence-corrected chi connectivity index (χ4v) is 3.99. The molecule has 2 atom stereocenters. The van der Waals surface area contributed by atoms with Crippen molar-refractivity contribution in [2.75, 3.05) is 41.0 Å². The molecule has 1 aromatic rings. The summed E-state index contributed by atoms with van der Waals surface area (Å²) in [6.07, 6.45) is 2.34. The maximum Gasteiger partial charge on any atom is 0.317 e. The Balaban J connectivity index is 1.89. The first-order chi connectivity index (χ1) is 14.7. The number of hydrogen-bond acceptors (Lipinski definition) is 5. The minimum Gasteiger partial charge on any atom is -0.493 e. The molecule has 3 rings (SSSR count). The standard InChI is InChI=1S/C23H35N3O5/c1-23(2,3)25-22(28)26-12-16(17(13-26)21(27)24-11-14-7-8-14)15-9-18(29-4)20(31-6)19(10-15)30-5/h9-10,14,16-17H,7-8,11-13H2,1-6H3,(H,24,27)(H,25,28)/t16-,17+/m0/s1. The van der Waals surface area contributed by atoms with E-state index < -0.39 is 0 Å². The second-order valence-electron chi connectivity index (χ2n) is 9.45. The Morgan fingerprint density at radius 2 is 1.65 bits per heavy atom. The number of likely N-dealkylation sites (tertiary alicyclic amines) is 1. The van der Waals surface area contributed by atoms with E-state index in [1.165, 1.54) is 12.8 Å². The van der Waals surface area contributed by atoms with Crippen LogP contribution in [0.3, 0.4) is 0 Å². The largest absolute Gasteiger partial charge is 0.493 e. The summed E-state index contributed by atoms with van der Waals surface area (Å²) >= 11 is 0. The predicted octanol–water partition coefficient (Wildman–Crippen LogP) is 2.76. The van der Waals surface area contributed by atoms with Crippen molar-refractivity contribution < 1.29 is 23.8 Å². The van der Waals surface area contributed by atoms with Crippen LogP contribution in [0, 0.1) is 11.8 Å². The number of nitrogens with zero attached hydrogens (tertiary/aromatic N) is 1. The van der Waals surface area contributed by atoms with E-state index in [0.29, 0.717) is 42.8 Å². The number of carbonyl (C=O) groups excluding carboxylic acids is 2. The summed E-state index contributed by atoms with van der Waals surface area (Å²) in [4.78, 5) is 27.7. The van der Waals surface area contributed by atoms with Gasteiger partial charge in [0.05, 0.1) is 27.2 Å². The number of urea groups is 1. The van der Waals surface area contributed by atoms with Gasteiger partial charge in [0.1, 0.15) is 0 Å². The first-order valence-electron chi connectivity index (χ1n) is 10.8. The van der Waals surface area contributed by atoms with E-state index in [-0.39, 0.29) is 29.3 Å². The van der Waals surface area contributed by atoms with Gasteiger partial charge in [0.25, 0.3) is 0 Å². The van der Waals surface area contributed by atoms with Gasteiger partial charge in [-0.3, -0.25) is 4.79 Å². The van der Waals surface area contributed by atoms with Crippen molar-refractivity contribution in [1.82, 2.24) is 15.5 Å². The highest BCUT2D eigenvalue weighted by Gasteiger charge is 2.42. The average Bonchev–Trinajstić information content (AvgIpc) is 3.44. The molecular weight excluding hydrogens is 398 g/mol. The topological polar surface area (TPSA) is 89.1 Å². The molecule has 8 nitrogen and oxygen atoms in total. The van der Waals surface area contributed by atoms with E-state index in [1.807, 2.05) is 32.9 Å². The molecule has 1 aliphatic heterocycles. The van der Waals surface area contributed by atoms with Crippen molar-refractivity contribution in [1.29, 1.82) is 0 Å². The lowest BCUT2D eigenvalue weighted by Crippen LogP contribution is -2.48. The van der Waals surface area contributed by atoms with E-state index in [4.69, 9.17) is 14.2 Å². The highest BCUT2D eigenvalue weighted by molar-refractivity contribution is 5.83. The van der Waals surface area contributed by atoms with Crippen LogP contribution >= 0.6 is 0 Å². The van der Waals surface area contributed by atoms with Gasteiger partial charge in [0, 0.05) is 31.1 Å². The van der Waals surface area contributed by atoms with E-state index in [9.17, 15) is 9.59 Å². The molecule has 8 heteroatoms. The number of amides is 3. The Bertz CT molecular complexity index is 791. The van der Waals surface area contributed by atoms with Gasteiger partial charge in [-0.05, 0) is 57.2 Å². The summed E-state index contributed by atoms with van der Waals surface area (Å²) in [5.74, 6) is 1.61. The van der Waals surface area contributed by atoms with Crippen LogP contribution in [0.4, 0.5) is 4.79 Å². The number of ether oxygens (including phenoxy) is 3. The molecule has 2 aliphatic rings. The lowest BCUT2D eigenvalue weighted by Gasteiger charge is -2.25. The molecule has 0 unspecified atom stereocenters. The van der Waals surface area contributed by atoms with Gasteiger partial charge >= 0.3 is 6.03 Å². The highest BCUT2D eigenvalue weighted by atomic mass is 16.5. The average molecular weight is 434 g/mol. The summed E-state index contributed by atoms with van der Waals surface area (Å²) in [5.41, 5.74) is 0.526. The molecule has 1 saturated carbocycles. The SMILES string of the molecule is COc1cc([C@@H]2CN(C(=O)NC(C)(C)C)C[C@H]2C(=O)NCC2CC2)cc(OC)c1OC. The highest BCUT2D eigenvalue weighted by Crippen LogP contribution is 2.43. The van der Waals surface area contributed by atoms with Gasteiger partial charge in [-0.1, -0.05) is 0 Å². The molecule has 1 heterocycles. The van der Waals surface area contributed by atoms with Crippen molar-refractivity contribution in [3.05, 3.63) is 17.7 Å². The van der Waals surface area contributed by atoms with Crippen LogP contribution in [0.2, 0.25) is 0 Å². The molecule has 2 N–H and O–H groups in total. The number of nitrogens with one attached hydrogen (secondary N) is 2. The quantitative estimate of drug-likeness (QED) is 0.690. The second kappa shape index (κ2) is 9.24. The normalized spacial score (nSPS) is 20.9. The molecule has 0 spiro atoms. The first kappa shape index (κ1) is 23.0. The molecule has 0 radical (unpaired) electrons. The van der Waals surface area contributed by atoms with Crippen LogP contribution in [-0.4, -0.2) is 63.3 Å². The summed E-state index contributed by atoms with van der Waals surface area (Å²) in [7, 11) is 4.69. The smallest absolute Gasteiger partial charge is 0.317 e. The van der Waals surface area contributed by atoms with Crippen LogP contribution in [-0.2, 0) is 4.79 Å². The maximum absolute atomic E-state index is 13.1. The lowest BCUT2D eigenvalue weighted by atomic mass is 9.88. The summed E-state index contributed by atoms with van der Waals surface area (Å²) < 4.78 is 16.4. The third-order valence-corrected chi connectivity index (χ3v) is 5.80. The molecule has 0 bridgehead atoms. The van der Waals surface area contributed by atoms with Crippen molar-refractivity contribution in [3.63, 3.8) is 0 Å². The Morgan fingerprint density at radius 3 is 2.13 bits per heavy atom. The van der Waals surface area contributed by atoms with Gasteiger partial charge in [-0.2, -0.15) is 0 Å². The molecule has 1 saturated heterocycles. The zero-order valence-corrected chi connectivity index (χ0v) is 19.4. The summed E-state index contributed by atoms with van der Waals surface area (Å²) in [6.45, 7) is 7.32. The molecule has 0 aromatic heterocycles. The second-order valence-corrected chi connectivity index (χ2v) is 9.45. The zero-order chi connectivity index (χ0) is 22.8. The van der Waals surface area contributed by atoms with Gasteiger partial charge in [0.2, 0.25) is 11.7 Å². The molecule has 172 valence electrons. The van der Waals surface area contributed by atoms with Gasteiger partial charge in [-0.25, -0.2) is 4.79 Å². The van der Waals surface area contributed by atoms with Crippen molar-refractivity contribution in [3.8, 4) is 17.2 Å². The molecule has 3 amide bonds. The fourth-order valence-electron chi connectivity index (χ4n) is 3.99. The molecule has 1 aromatic carbocycles. The molecule has 2 fully saturated rings. The minimum atomic E-state index is -0.356. The van der Waals surface area contributed by atoms with Gasteiger partial charge < -0.3 is 29.7 Å². The monoisotopic (exact) mass is 433 g/mol. The van der Waals surface area contributed by atoms with Crippen molar-refractivity contribution in [2.24, 2.45) is 11.8 Å². The number of rotatable bonds is 7. The maximum atomic E-state index is 13.1. The van der Waals surface area contributed by atoms with E-state index >= 15 is 0 Å². The van der Waals surface area contributed by atoms with Crippen LogP contribution in [0.25, 0.3) is 0 Å². The lowest BCUT2D eigenvalue weighted by molar-refractivity contribution is -0.125. The third kappa shape index (κ3) is 5.54. The molecule has 31 heavy (non-hydrogen) atoms. The Labute approximate surface area is 184 Å². The van der Waals surface area contributed by atoms with Crippen molar-refractivity contribution >= 4 is 11.9 Å². The Morgan fingerprint density at radius 1 is 1.03 bits per heavy atom. The van der Waals surface area contributed by atoms with Crippen LogP contribution < -0.4 is 24.8 Å². The van der Waals surface area contributed by atoms with E-state index in [1.54, 1.807) is 26.2 Å². The van der Waals surface area contributed by atoms with Crippen LogP contribution in [0.15, 0.2) is 12.1 Å². The van der Waals surface area contributed by atoms with Gasteiger partial charge in [-0.15, -0.1) is 0 Å². The van der Waals surface area contributed by atoms with Crippen LogP contribution in [0.5, 0.6) is 17.2 Å². The van der Waals surface area contributed by atoms with Crippen molar-refractivity contribution in [2.45, 2.75) is 45.1 Å². The molecular formula is C23H35N3O5. The first-order valence-corrected chi connectivity index (χ1v) is 10.8. The number of hydrogen-bond donors (Lipinski definition) is 2. The third-order valence-electron chi connectivity index (χ3n) is 5.80. The van der Waals surface area contributed by atoms with E-state index in [0.717, 1.165) is 5.56 Å². The summed E-state index contributed by atoms with van der Waals surface area (Å²) in [5, 5.41) is 6.09. The zero-order valence-electron chi connectivity index (χ0n) is 19.4. The number of benzene rings is 1. The predicted molar refractivity (Wildman–Crippen MR) is 118 cm³/mol. The Kier molecular flexibility index (Phi) is 6.86. The summed E-state index contributed by atoms with van der Waals surface area (Å²) in [6, 6.07) is 3.58. The number of carbonyl (C=O) groups is 2. The van der Waals surface area contributed by atoms with Crippen LogP contribution in [0.1, 0.15) is 45.1 Å². The minimum absolute atomic E-state index is 0.0169. The number of methoxy groups -OCH3 is 3. The van der Waals surface area contributed by atoms with Gasteiger partial charge in [0.15, 0.2) is 11.5 Å².